The normalized spacial score (nSPS) is 12.1. The third-order valence-corrected chi connectivity index (χ3v) is 4.39. The lowest BCUT2D eigenvalue weighted by Crippen LogP contribution is -2.05. The van der Waals surface area contributed by atoms with E-state index in [1.54, 1.807) is 0 Å². The first-order valence-corrected chi connectivity index (χ1v) is 8.89. The molecule has 138 valence electrons. The van der Waals surface area contributed by atoms with Crippen molar-refractivity contribution in [2.75, 3.05) is 17.4 Å². The van der Waals surface area contributed by atoms with Gasteiger partial charge in [0.25, 0.3) is 0 Å². The number of ether oxygens (including phenoxy) is 2. The van der Waals surface area contributed by atoms with Gasteiger partial charge in [0.2, 0.25) is 6.79 Å². The maximum Gasteiger partial charge on any atom is 0.231 e. The van der Waals surface area contributed by atoms with Gasteiger partial charge in [-0.25, -0.2) is 9.97 Å². The fourth-order valence-corrected chi connectivity index (χ4v) is 3.06. The number of anilines is 3. The summed E-state index contributed by atoms with van der Waals surface area (Å²) in [5.74, 6) is 3.81. The van der Waals surface area contributed by atoms with Crippen molar-refractivity contribution < 1.29 is 9.47 Å². The van der Waals surface area contributed by atoms with Crippen molar-refractivity contribution in [2.24, 2.45) is 0 Å². The zero-order valence-electron chi connectivity index (χ0n) is 15.7. The molecular formula is C21H22N4O2. The third kappa shape index (κ3) is 3.95. The largest absolute Gasteiger partial charge is 0.454 e. The molecule has 3 aromatic rings. The number of fused-ring (bicyclic) bond motifs is 1. The lowest BCUT2D eigenvalue weighted by molar-refractivity contribution is 0.174. The van der Waals surface area contributed by atoms with Gasteiger partial charge in [-0.2, -0.15) is 0 Å². The molecule has 6 heteroatoms. The molecule has 2 aromatic carbocycles. The molecule has 2 heterocycles. The maximum absolute atomic E-state index is 5.43. The molecule has 2 N–H and O–H groups in total. The molecule has 0 radical (unpaired) electrons. The summed E-state index contributed by atoms with van der Waals surface area (Å²) in [7, 11) is 0. The van der Waals surface area contributed by atoms with Crippen molar-refractivity contribution >= 4 is 17.3 Å². The summed E-state index contributed by atoms with van der Waals surface area (Å²) < 4.78 is 10.8. The summed E-state index contributed by atoms with van der Waals surface area (Å²) in [4.78, 5) is 8.98. The number of aromatic nitrogens is 2. The van der Waals surface area contributed by atoms with Crippen LogP contribution in [0.25, 0.3) is 0 Å². The van der Waals surface area contributed by atoms with Crippen LogP contribution in [0.1, 0.15) is 22.5 Å². The van der Waals surface area contributed by atoms with Gasteiger partial charge in [0.15, 0.2) is 11.5 Å². The highest BCUT2D eigenvalue weighted by Crippen LogP contribution is 2.32. The topological polar surface area (TPSA) is 68.3 Å². The quantitative estimate of drug-likeness (QED) is 0.697. The van der Waals surface area contributed by atoms with Gasteiger partial charge in [0.05, 0.1) is 0 Å². The molecule has 0 saturated carbocycles. The monoisotopic (exact) mass is 362 g/mol. The van der Waals surface area contributed by atoms with Crippen molar-refractivity contribution in [2.45, 2.75) is 27.3 Å². The molecule has 0 spiro atoms. The minimum absolute atomic E-state index is 0.283. The van der Waals surface area contributed by atoms with E-state index in [0.29, 0.717) is 12.4 Å². The van der Waals surface area contributed by atoms with E-state index >= 15 is 0 Å². The van der Waals surface area contributed by atoms with E-state index in [2.05, 4.69) is 52.6 Å². The Hall–Kier alpha value is -3.28. The Balaban J connectivity index is 1.48. The molecule has 1 aliphatic heterocycles. The Morgan fingerprint density at radius 1 is 0.889 bits per heavy atom. The highest BCUT2D eigenvalue weighted by molar-refractivity contribution is 5.63. The first-order chi connectivity index (χ1) is 13.1. The molecule has 0 fully saturated rings. The second-order valence-corrected chi connectivity index (χ2v) is 6.67. The molecule has 4 rings (SSSR count). The predicted octanol–water partition coefficient (Wildman–Crippen LogP) is 4.49. The number of hydrogen-bond acceptors (Lipinski definition) is 6. The van der Waals surface area contributed by atoms with Gasteiger partial charge in [0, 0.05) is 18.3 Å². The molecule has 6 nitrogen and oxygen atoms in total. The van der Waals surface area contributed by atoms with Crippen LogP contribution in [0.5, 0.6) is 11.5 Å². The van der Waals surface area contributed by atoms with Crippen molar-refractivity contribution in [1.82, 2.24) is 9.97 Å². The summed E-state index contributed by atoms with van der Waals surface area (Å²) >= 11 is 0. The van der Waals surface area contributed by atoms with Crippen LogP contribution in [0.2, 0.25) is 0 Å². The Morgan fingerprint density at radius 2 is 1.70 bits per heavy atom. The van der Waals surface area contributed by atoms with Crippen LogP contribution in [-0.4, -0.2) is 16.8 Å². The fraction of sp³-hybridized carbons (Fsp3) is 0.238. The molecule has 0 atom stereocenters. The fourth-order valence-electron chi connectivity index (χ4n) is 3.06. The number of hydrogen-bond donors (Lipinski definition) is 2. The Bertz CT molecular complexity index is 988. The molecule has 0 amide bonds. The van der Waals surface area contributed by atoms with E-state index in [4.69, 9.17) is 9.47 Å². The van der Waals surface area contributed by atoms with Crippen molar-refractivity contribution in [3.63, 3.8) is 0 Å². The summed E-state index contributed by atoms with van der Waals surface area (Å²) in [5.41, 5.74) is 4.56. The Labute approximate surface area is 158 Å². The lowest BCUT2D eigenvalue weighted by Gasteiger charge is -2.12. The van der Waals surface area contributed by atoms with Crippen LogP contribution < -0.4 is 20.1 Å². The number of nitrogens with zero attached hydrogens (tertiary/aromatic N) is 2. The minimum Gasteiger partial charge on any atom is -0.454 e. The number of rotatable bonds is 5. The summed E-state index contributed by atoms with van der Waals surface area (Å²) in [6, 6.07) is 14.2. The van der Waals surface area contributed by atoms with Gasteiger partial charge >= 0.3 is 0 Å². The molecule has 0 bridgehead atoms. The molecule has 1 aromatic heterocycles. The summed E-state index contributed by atoms with van der Waals surface area (Å²) in [5, 5.41) is 6.74. The van der Waals surface area contributed by atoms with E-state index < -0.39 is 0 Å². The van der Waals surface area contributed by atoms with E-state index in [-0.39, 0.29) is 6.79 Å². The van der Waals surface area contributed by atoms with Crippen LogP contribution >= 0.6 is 0 Å². The Kier molecular flexibility index (Phi) is 4.54. The summed E-state index contributed by atoms with van der Waals surface area (Å²) in [6.07, 6.45) is 0. The molecular weight excluding hydrogens is 340 g/mol. The number of benzene rings is 2. The molecule has 0 saturated heterocycles. The lowest BCUT2D eigenvalue weighted by atomic mass is 10.1. The number of nitrogens with one attached hydrogen (secondary N) is 2. The van der Waals surface area contributed by atoms with Crippen LogP contribution in [0.15, 0.2) is 42.5 Å². The van der Waals surface area contributed by atoms with Gasteiger partial charge in [0.1, 0.15) is 17.5 Å². The molecule has 27 heavy (non-hydrogen) atoms. The average Bonchev–Trinajstić information content (AvgIpc) is 3.10. The van der Waals surface area contributed by atoms with Gasteiger partial charge in [-0.15, -0.1) is 0 Å². The number of aryl methyl sites for hydroxylation is 3. The SMILES string of the molecule is Cc1ccc(Nc2cc(NCc3ccc4c(c3)OCO4)nc(C)n2)c(C)c1. The highest BCUT2D eigenvalue weighted by Gasteiger charge is 2.13. The average molecular weight is 362 g/mol. The van der Waals surface area contributed by atoms with Crippen molar-refractivity contribution in [3.8, 4) is 11.5 Å². The van der Waals surface area contributed by atoms with E-state index in [1.807, 2.05) is 31.2 Å². The van der Waals surface area contributed by atoms with Crippen molar-refractivity contribution in [3.05, 3.63) is 65.0 Å². The molecule has 1 aliphatic rings. The predicted molar refractivity (Wildman–Crippen MR) is 106 cm³/mol. The van der Waals surface area contributed by atoms with E-state index in [1.165, 1.54) is 11.1 Å². The second kappa shape index (κ2) is 7.15. The van der Waals surface area contributed by atoms with Gasteiger partial charge in [-0.05, 0) is 50.1 Å². The van der Waals surface area contributed by atoms with Gasteiger partial charge in [-0.3, -0.25) is 0 Å². The maximum atomic E-state index is 5.43. The zero-order chi connectivity index (χ0) is 18.8. The van der Waals surface area contributed by atoms with Crippen LogP contribution in [-0.2, 0) is 6.54 Å². The first-order valence-electron chi connectivity index (χ1n) is 8.89. The smallest absolute Gasteiger partial charge is 0.231 e. The highest BCUT2D eigenvalue weighted by atomic mass is 16.7. The Morgan fingerprint density at radius 3 is 2.56 bits per heavy atom. The zero-order valence-corrected chi connectivity index (χ0v) is 15.7. The van der Waals surface area contributed by atoms with Crippen LogP contribution in [0.3, 0.4) is 0 Å². The minimum atomic E-state index is 0.283. The van der Waals surface area contributed by atoms with Gasteiger partial charge < -0.3 is 20.1 Å². The second-order valence-electron chi connectivity index (χ2n) is 6.67. The molecule has 0 aliphatic carbocycles. The van der Waals surface area contributed by atoms with Gasteiger partial charge in [-0.1, -0.05) is 23.8 Å². The van der Waals surface area contributed by atoms with E-state index in [9.17, 15) is 0 Å². The van der Waals surface area contributed by atoms with E-state index in [0.717, 1.165) is 34.4 Å². The first kappa shape index (κ1) is 17.1. The standard InChI is InChI=1S/C21H22N4O2/c1-13-4-6-17(14(2)8-13)25-21-10-20(23-15(3)24-21)22-11-16-5-7-18-19(9-16)27-12-26-18/h4-10H,11-12H2,1-3H3,(H2,22,23,24,25). The third-order valence-electron chi connectivity index (χ3n) is 4.39. The van der Waals surface area contributed by atoms with Crippen molar-refractivity contribution in [1.29, 1.82) is 0 Å². The molecule has 0 unspecified atom stereocenters. The van der Waals surface area contributed by atoms with Crippen LogP contribution in [0.4, 0.5) is 17.3 Å². The summed E-state index contributed by atoms with van der Waals surface area (Å²) in [6.45, 7) is 6.98. The van der Waals surface area contributed by atoms with Crippen LogP contribution in [0, 0.1) is 20.8 Å².